The van der Waals surface area contributed by atoms with E-state index in [-0.39, 0.29) is 19.4 Å². The molecule has 0 saturated carbocycles. The average Bonchev–Trinajstić information content (AvgIpc) is 3.24. The Bertz CT molecular complexity index is 1560. The maximum atomic E-state index is 12.8. The Kier molecular flexibility index (Phi) is 34.4. The zero-order valence-corrected chi connectivity index (χ0v) is 38.0. The first-order valence-electron chi connectivity index (χ1n) is 22.4. The zero-order valence-electron chi connectivity index (χ0n) is 37.2. The molecule has 1 aliphatic heterocycles. The summed E-state index contributed by atoms with van der Waals surface area (Å²) >= 11 is 0. The first-order valence-corrected chi connectivity index (χ1v) is 24.1. The molecule has 0 amide bonds. The maximum Gasteiger partial charge on any atom is 0.306 e. The van der Waals surface area contributed by atoms with Gasteiger partial charge in [0.1, 0.15) is 36.8 Å². The van der Waals surface area contributed by atoms with Crippen molar-refractivity contribution in [3.8, 4) is 0 Å². The summed E-state index contributed by atoms with van der Waals surface area (Å²) in [5, 5.41) is 30.9. The second kappa shape index (κ2) is 37.8. The van der Waals surface area contributed by atoms with E-state index in [9.17, 15) is 37.9 Å². The highest BCUT2D eigenvalue weighted by atomic mass is 32.2. The highest BCUT2D eigenvalue weighted by molar-refractivity contribution is 7.85. The highest BCUT2D eigenvalue weighted by Crippen LogP contribution is 2.24. The SMILES string of the molecule is CC/C=C/C/C=C/C/C=C/C/C=C/CCCCC(=O)O[C@H](COC(=O)CC/C=C/C/C=C/C/C=C/C/C=C/C/C=C/CCCCC)CO[C@H]1O[C@H](CS(=O)(=O)O)[C@@H](O)C(O)C1O. The van der Waals surface area contributed by atoms with Crippen LogP contribution in [0.1, 0.15) is 129 Å². The lowest BCUT2D eigenvalue weighted by Gasteiger charge is -2.40. The van der Waals surface area contributed by atoms with Gasteiger partial charge in [-0.25, -0.2) is 0 Å². The van der Waals surface area contributed by atoms with Crippen molar-refractivity contribution >= 4 is 22.1 Å². The zero-order chi connectivity index (χ0) is 45.5. The minimum atomic E-state index is -4.62. The van der Waals surface area contributed by atoms with Gasteiger partial charge < -0.3 is 34.3 Å². The Hall–Kier alpha value is -3.69. The van der Waals surface area contributed by atoms with Gasteiger partial charge in [-0.05, 0) is 89.9 Å². The Balaban J connectivity index is 2.55. The molecule has 12 nitrogen and oxygen atoms in total. The molecule has 0 aromatic heterocycles. The minimum absolute atomic E-state index is 0.0792. The number of esters is 2. The van der Waals surface area contributed by atoms with Crippen LogP contribution >= 0.6 is 0 Å². The Morgan fingerprint density at radius 1 is 0.565 bits per heavy atom. The number of unbranched alkanes of at least 4 members (excludes halogenated alkanes) is 5. The Labute approximate surface area is 372 Å². The van der Waals surface area contributed by atoms with Crippen LogP contribution in [0.25, 0.3) is 0 Å². The standard InChI is InChI=1S/C49H76O12S/c1-3-5-7-9-11-13-15-17-19-20-21-22-24-25-27-29-31-33-35-37-44(50)58-39-42(40-59-49-48(54)47(53)46(52)43(61-49)41-62(55,56)57)60-45(51)38-36-34-32-30-28-26-23-18-16-14-12-10-8-6-4-2/h6,8,11-14,17-19,21-23,25,27-28,30-31,33,42-43,46-49,52-54H,3-5,7,9-10,15-16,20,24,26,29,32,34-41H2,1-2H3,(H,55,56,57)/b8-6+,13-11+,14-12+,19-17+,22-21+,23-18+,27-25+,30-28+,33-31+/t42-,43-,46-,47?,48?,49+/m1/s1. The van der Waals surface area contributed by atoms with E-state index in [1.54, 1.807) is 0 Å². The summed E-state index contributed by atoms with van der Waals surface area (Å²) < 4.78 is 53.9. The van der Waals surface area contributed by atoms with Crippen molar-refractivity contribution in [1.29, 1.82) is 0 Å². The van der Waals surface area contributed by atoms with E-state index in [2.05, 4.69) is 111 Å². The van der Waals surface area contributed by atoms with E-state index in [1.807, 2.05) is 12.2 Å². The van der Waals surface area contributed by atoms with Crippen molar-refractivity contribution in [3.05, 3.63) is 109 Å². The molecule has 6 atom stereocenters. The summed E-state index contributed by atoms with van der Waals surface area (Å²) in [6.07, 6.45) is 42.9. The second-order valence-corrected chi connectivity index (χ2v) is 16.5. The van der Waals surface area contributed by atoms with Crippen molar-refractivity contribution in [1.82, 2.24) is 0 Å². The number of rotatable bonds is 35. The fraction of sp³-hybridized carbons (Fsp3) is 0.592. The van der Waals surface area contributed by atoms with E-state index in [4.69, 9.17) is 18.9 Å². The molecular formula is C49H76O12S. The third kappa shape index (κ3) is 32.1. The van der Waals surface area contributed by atoms with Crippen LogP contribution in [0.2, 0.25) is 0 Å². The van der Waals surface area contributed by atoms with Gasteiger partial charge in [-0.3, -0.25) is 14.1 Å². The average molecular weight is 889 g/mol. The molecule has 0 aromatic carbocycles. The van der Waals surface area contributed by atoms with Crippen molar-refractivity contribution in [2.75, 3.05) is 19.0 Å². The molecule has 13 heteroatoms. The molecule has 62 heavy (non-hydrogen) atoms. The summed E-state index contributed by atoms with van der Waals surface area (Å²) in [6, 6.07) is 0. The monoisotopic (exact) mass is 889 g/mol. The minimum Gasteiger partial charge on any atom is -0.462 e. The molecule has 1 fully saturated rings. The number of carbonyl (C=O) groups is 2. The predicted molar refractivity (Wildman–Crippen MR) is 247 cm³/mol. The van der Waals surface area contributed by atoms with Crippen molar-refractivity contribution < 1.29 is 56.8 Å². The first kappa shape index (κ1) is 56.3. The van der Waals surface area contributed by atoms with Crippen LogP contribution in [-0.2, 0) is 38.7 Å². The number of allylic oxidation sites excluding steroid dienone is 18. The summed E-state index contributed by atoms with van der Waals surface area (Å²) in [5.74, 6) is -2.16. The summed E-state index contributed by atoms with van der Waals surface area (Å²) in [4.78, 5) is 25.4. The third-order valence-corrected chi connectivity index (χ3v) is 10.1. The quantitative estimate of drug-likeness (QED) is 0.0205. The Morgan fingerprint density at radius 3 is 1.52 bits per heavy atom. The molecule has 1 aliphatic rings. The molecule has 350 valence electrons. The highest BCUT2D eigenvalue weighted by Gasteiger charge is 2.46. The van der Waals surface area contributed by atoms with E-state index >= 15 is 0 Å². The van der Waals surface area contributed by atoms with E-state index in [0.29, 0.717) is 12.8 Å². The van der Waals surface area contributed by atoms with Gasteiger partial charge in [-0.1, -0.05) is 136 Å². The first-order chi connectivity index (χ1) is 30.0. The lowest BCUT2D eigenvalue weighted by molar-refractivity contribution is -0.297. The molecule has 0 radical (unpaired) electrons. The van der Waals surface area contributed by atoms with Crippen LogP contribution in [-0.4, -0.2) is 96.0 Å². The van der Waals surface area contributed by atoms with Crippen LogP contribution in [0.3, 0.4) is 0 Å². The van der Waals surface area contributed by atoms with Crippen LogP contribution in [0, 0.1) is 0 Å². The molecule has 1 rings (SSSR count). The van der Waals surface area contributed by atoms with Crippen LogP contribution in [0.15, 0.2) is 109 Å². The van der Waals surface area contributed by atoms with Gasteiger partial charge in [0.05, 0.1) is 6.61 Å². The fourth-order valence-corrected chi connectivity index (χ4v) is 6.57. The smallest absolute Gasteiger partial charge is 0.306 e. The summed E-state index contributed by atoms with van der Waals surface area (Å²) in [5.41, 5.74) is 0. The fourth-order valence-electron chi connectivity index (χ4n) is 5.88. The largest absolute Gasteiger partial charge is 0.462 e. The molecule has 0 aliphatic carbocycles. The number of aliphatic hydroxyl groups excluding tert-OH is 3. The third-order valence-electron chi connectivity index (χ3n) is 9.35. The molecule has 1 saturated heterocycles. The van der Waals surface area contributed by atoms with Crippen molar-refractivity contribution in [3.63, 3.8) is 0 Å². The summed E-state index contributed by atoms with van der Waals surface area (Å²) in [7, 11) is -4.62. The lowest BCUT2D eigenvalue weighted by atomic mass is 10.00. The van der Waals surface area contributed by atoms with Crippen molar-refractivity contribution in [2.24, 2.45) is 0 Å². The van der Waals surface area contributed by atoms with Crippen LogP contribution in [0.5, 0.6) is 0 Å². The molecule has 0 spiro atoms. The number of hydrogen-bond acceptors (Lipinski definition) is 11. The Morgan fingerprint density at radius 2 is 1.03 bits per heavy atom. The van der Waals surface area contributed by atoms with E-state index in [1.165, 1.54) is 19.3 Å². The van der Waals surface area contributed by atoms with E-state index in [0.717, 1.165) is 70.6 Å². The van der Waals surface area contributed by atoms with Gasteiger partial charge in [-0.15, -0.1) is 0 Å². The van der Waals surface area contributed by atoms with Crippen LogP contribution < -0.4 is 0 Å². The number of aliphatic hydroxyl groups is 3. The normalized spacial score (nSPS) is 20.9. The molecular weight excluding hydrogens is 813 g/mol. The maximum absolute atomic E-state index is 12.8. The van der Waals surface area contributed by atoms with Crippen LogP contribution in [0.4, 0.5) is 0 Å². The topological polar surface area (TPSA) is 186 Å². The van der Waals surface area contributed by atoms with Gasteiger partial charge in [0, 0.05) is 12.8 Å². The van der Waals surface area contributed by atoms with Gasteiger partial charge in [0.2, 0.25) is 0 Å². The lowest BCUT2D eigenvalue weighted by Crippen LogP contribution is -2.60. The van der Waals surface area contributed by atoms with E-state index < -0.39 is 71.2 Å². The van der Waals surface area contributed by atoms with Gasteiger partial charge in [0.15, 0.2) is 12.4 Å². The molecule has 1 heterocycles. The number of carbonyl (C=O) groups excluding carboxylic acids is 2. The van der Waals surface area contributed by atoms with Gasteiger partial charge >= 0.3 is 11.9 Å². The van der Waals surface area contributed by atoms with Gasteiger partial charge in [0.25, 0.3) is 10.1 Å². The molecule has 2 unspecified atom stereocenters. The molecule has 0 bridgehead atoms. The van der Waals surface area contributed by atoms with Crippen molar-refractivity contribution in [2.45, 2.75) is 166 Å². The molecule has 0 aromatic rings. The van der Waals surface area contributed by atoms with Gasteiger partial charge in [-0.2, -0.15) is 8.42 Å². The molecule has 4 N–H and O–H groups in total. The predicted octanol–water partition coefficient (Wildman–Crippen LogP) is 9.22. The number of hydrogen-bond donors (Lipinski definition) is 4. The summed E-state index contributed by atoms with van der Waals surface area (Å²) in [6.45, 7) is 3.49. The second-order valence-electron chi connectivity index (χ2n) is 15.0. The number of ether oxygens (including phenoxy) is 4.